The van der Waals surface area contributed by atoms with Gasteiger partial charge in [-0.05, 0) is 12.1 Å². The number of halogens is 1. The van der Waals surface area contributed by atoms with Crippen molar-refractivity contribution in [1.82, 2.24) is 0 Å². The van der Waals surface area contributed by atoms with Crippen molar-refractivity contribution in [3.8, 4) is 11.5 Å². The summed E-state index contributed by atoms with van der Waals surface area (Å²) >= 11 is 3.40. The van der Waals surface area contributed by atoms with Crippen LogP contribution in [0.15, 0.2) is 18.2 Å². The Labute approximate surface area is 104 Å². The predicted molar refractivity (Wildman–Crippen MR) is 64.1 cm³/mol. The van der Waals surface area contributed by atoms with Gasteiger partial charge >= 0.3 is 0 Å². The standard InChI is InChI=1S/C11H15BrO4/c1-13-7-15-10-4-3-5-11(9(10)6-12)16-8-14-2/h3-5H,6-8H2,1-2H3. The van der Waals surface area contributed by atoms with Crippen molar-refractivity contribution in [1.29, 1.82) is 0 Å². The molecule has 1 aromatic carbocycles. The van der Waals surface area contributed by atoms with E-state index in [0.29, 0.717) is 5.33 Å². The molecule has 0 N–H and O–H groups in total. The van der Waals surface area contributed by atoms with Crippen LogP contribution in [-0.4, -0.2) is 27.8 Å². The van der Waals surface area contributed by atoms with E-state index in [2.05, 4.69) is 15.9 Å². The highest BCUT2D eigenvalue weighted by Crippen LogP contribution is 2.30. The Morgan fingerprint density at radius 1 is 1.00 bits per heavy atom. The van der Waals surface area contributed by atoms with Crippen molar-refractivity contribution >= 4 is 15.9 Å². The number of hydrogen-bond acceptors (Lipinski definition) is 4. The maximum absolute atomic E-state index is 5.42. The van der Waals surface area contributed by atoms with Gasteiger partial charge in [0.05, 0.1) is 0 Å². The van der Waals surface area contributed by atoms with E-state index in [0.717, 1.165) is 17.1 Å². The molecule has 0 atom stereocenters. The van der Waals surface area contributed by atoms with Gasteiger partial charge in [-0.1, -0.05) is 22.0 Å². The Morgan fingerprint density at radius 3 is 1.88 bits per heavy atom. The maximum Gasteiger partial charge on any atom is 0.188 e. The third-order valence-electron chi connectivity index (χ3n) is 1.89. The van der Waals surface area contributed by atoms with Crippen LogP contribution in [0.4, 0.5) is 0 Å². The van der Waals surface area contributed by atoms with Gasteiger partial charge in [0.2, 0.25) is 0 Å². The van der Waals surface area contributed by atoms with Crippen LogP contribution in [0.3, 0.4) is 0 Å². The highest BCUT2D eigenvalue weighted by molar-refractivity contribution is 9.08. The average molecular weight is 291 g/mol. The lowest BCUT2D eigenvalue weighted by atomic mass is 10.2. The van der Waals surface area contributed by atoms with E-state index in [-0.39, 0.29) is 13.6 Å². The molecule has 90 valence electrons. The molecule has 4 nitrogen and oxygen atoms in total. The van der Waals surface area contributed by atoms with Gasteiger partial charge in [-0.2, -0.15) is 0 Å². The first-order chi connectivity index (χ1) is 7.83. The molecule has 0 saturated carbocycles. The lowest BCUT2D eigenvalue weighted by Crippen LogP contribution is -2.04. The van der Waals surface area contributed by atoms with Gasteiger partial charge in [0, 0.05) is 25.1 Å². The molecule has 0 saturated heterocycles. The van der Waals surface area contributed by atoms with Crippen LogP contribution in [0.25, 0.3) is 0 Å². The van der Waals surface area contributed by atoms with E-state index < -0.39 is 0 Å². The smallest absolute Gasteiger partial charge is 0.188 e. The predicted octanol–water partition coefficient (Wildman–Crippen LogP) is 2.55. The van der Waals surface area contributed by atoms with Crippen molar-refractivity contribution < 1.29 is 18.9 Å². The molecule has 0 spiro atoms. The van der Waals surface area contributed by atoms with Crippen LogP contribution in [0.5, 0.6) is 11.5 Å². The van der Waals surface area contributed by atoms with Gasteiger partial charge in [-0.3, -0.25) is 0 Å². The second-order valence-corrected chi connectivity index (χ2v) is 3.53. The number of methoxy groups -OCH3 is 2. The lowest BCUT2D eigenvalue weighted by molar-refractivity contribution is 0.0450. The summed E-state index contributed by atoms with van der Waals surface area (Å²) in [5.41, 5.74) is 0.941. The highest BCUT2D eigenvalue weighted by Gasteiger charge is 2.09. The summed E-state index contributed by atoms with van der Waals surface area (Å²) in [6.45, 7) is 0.432. The lowest BCUT2D eigenvalue weighted by Gasteiger charge is -2.13. The Bertz CT molecular complexity index is 291. The molecule has 5 heteroatoms. The maximum atomic E-state index is 5.42. The first-order valence-electron chi connectivity index (χ1n) is 4.74. The number of benzene rings is 1. The first-order valence-corrected chi connectivity index (χ1v) is 5.87. The molecule has 0 bridgehead atoms. The minimum absolute atomic E-state index is 0.216. The van der Waals surface area contributed by atoms with Crippen LogP contribution in [-0.2, 0) is 14.8 Å². The molecule has 1 aromatic rings. The molecular formula is C11H15BrO4. The Hall–Kier alpha value is -0.780. The molecule has 0 fully saturated rings. The van der Waals surface area contributed by atoms with Crippen molar-refractivity contribution in [2.45, 2.75) is 5.33 Å². The minimum Gasteiger partial charge on any atom is -0.467 e. The number of alkyl halides is 1. The van der Waals surface area contributed by atoms with Crippen molar-refractivity contribution in [2.75, 3.05) is 27.8 Å². The molecular weight excluding hydrogens is 276 g/mol. The fraction of sp³-hybridized carbons (Fsp3) is 0.455. The van der Waals surface area contributed by atoms with Crippen molar-refractivity contribution in [3.63, 3.8) is 0 Å². The van der Waals surface area contributed by atoms with Crippen LogP contribution >= 0.6 is 15.9 Å². The van der Waals surface area contributed by atoms with Crippen LogP contribution in [0, 0.1) is 0 Å². The zero-order valence-electron chi connectivity index (χ0n) is 9.36. The Kier molecular flexibility index (Phi) is 6.22. The van der Waals surface area contributed by atoms with E-state index in [1.54, 1.807) is 14.2 Å². The summed E-state index contributed by atoms with van der Waals surface area (Å²) in [5.74, 6) is 1.49. The third-order valence-corrected chi connectivity index (χ3v) is 2.45. The van der Waals surface area contributed by atoms with E-state index >= 15 is 0 Å². The fourth-order valence-corrected chi connectivity index (χ4v) is 1.75. The van der Waals surface area contributed by atoms with Gasteiger partial charge in [-0.15, -0.1) is 0 Å². The zero-order valence-corrected chi connectivity index (χ0v) is 11.0. The topological polar surface area (TPSA) is 36.9 Å². The number of ether oxygens (including phenoxy) is 4. The van der Waals surface area contributed by atoms with E-state index in [1.165, 1.54) is 0 Å². The van der Waals surface area contributed by atoms with E-state index in [1.807, 2.05) is 18.2 Å². The van der Waals surface area contributed by atoms with Gasteiger partial charge in [0.15, 0.2) is 13.6 Å². The normalized spacial score (nSPS) is 10.2. The van der Waals surface area contributed by atoms with Crippen LogP contribution in [0.1, 0.15) is 5.56 Å². The SMILES string of the molecule is COCOc1cccc(OCOC)c1CBr. The largest absolute Gasteiger partial charge is 0.467 e. The van der Waals surface area contributed by atoms with Crippen LogP contribution < -0.4 is 9.47 Å². The molecule has 0 aromatic heterocycles. The second kappa shape index (κ2) is 7.49. The quantitative estimate of drug-likeness (QED) is 0.571. The molecule has 0 aliphatic heterocycles. The Balaban J connectivity index is 2.82. The van der Waals surface area contributed by atoms with Gasteiger partial charge in [0.25, 0.3) is 0 Å². The number of hydrogen-bond donors (Lipinski definition) is 0. The van der Waals surface area contributed by atoms with Gasteiger partial charge in [0.1, 0.15) is 11.5 Å². The third kappa shape index (κ3) is 3.66. The van der Waals surface area contributed by atoms with Gasteiger partial charge in [-0.25, -0.2) is 0 Å². The average Bonchev–Trinajstić information content (AvgIpc) is 2.33. The summed E-state index contributed by atoms with van der Waals surface area (Å²) < 4.78 is 20.6. The molecule has 0 aliphatic rings. The zero-order chi connectivity index (χ0) is 11.8. The monoisotopic (exact) mass is 290 g/mol. The summed E-state index contributed by atoms with van der Waals surface area (Å²) in [5, 5.41) is 0.645. The van der Waals surface area contributed by atoms with Crippen molar-refractivity contribution in [2.24, 2.45) is 0 Å². The molecule has 0 amide bonds. The summed E-state index contributed by atoms with van der Waals surface area (Å²) in [4.78, 5) is 0. The molecule has 16 heavy (non-hydrogen) atoms. The van der Waals surface area contributed by atoms with E-state index in [4.69, 9.17) is 18.9 Å². The summed E-state index contributed by atoms with van der Waals surface area (Å²) in [7, 11) is 3.16. The molecule has 0 heterocycles. The summed E-state index contributed by atoms with van der Waals surface area (Å²) in [6.07, 6.45) is 0. The van der Waals surface area contributed by atoms with E-state index in [9.17, 15) is 0 Å². The number of rotatable bonds is 7. The fourth-order valence-electron chi connectivity index (χ4n) is 1.19. The summed E-state index contributed by atoms with van der Waals surface area (Å²) in [6, 6.07) is 5.60. The van der Waals surface area contributed by atoms with Gasteiger partial charge < -0.3 is 18.9 Å². The molecule has 0 unspecified atom stereocenters. The first kappa shape index (κ1) is 13.3. The Morgan fingerprint density at radius 2 is 1.50 bits per heavy atom. The minimum atomic E-state index is 0.216. The van der Waals surface area contributed by atoms with Crippen LogP contribution in [0.2, 0.25) is 0 Å². The van der Waals surface area contributed by atoms with Crippen molar-refractivity contribution in [3.05, 3.63) is 23.8 Å². The highest BCUT2D eigenvalue weighted by atomic mass is 79.9. The molecule has 0 radical (unpaired) electrons. The molecule has 1 rings (SSSR count). The molecule has 0 aliphatic carbocycles. The second-order valence-electron chi connectivity index (χ2n) is 2.97.